The summed E-state index contributed by atoms with van der Waals surface area (Å²) in [7, 11) is 0. The van der Waals surface area contributed by atoms with Crippen LogP contribution in [0.5, 0.6) is 0 Å². The average Bonchev–Trinajstić information content (AvgIpc) is 0. The molecule has 0 saturated heterocycles. The molecule has 34 valence electrons. The van der Waals surface area contributed by atoms with Crippen molar-refractivity contribution in [1.29, 1.82) is 0 Å². The summed E-state index contributed by atoms with van der Waals surface area (Å²) in [6.07, 6.45) is 0. The van der Waals surface area contributed by atoms with Crippen molar-refractivity contribution < 1.29 is 68.3 Å². The Kier molecular flexibility index (Phi) is 258. The molecule has 0 aromatic carbocycles. The van der Waals surface area contributed by atoms with E-state index in [4.69, 9.17) is 0 Å². The Hall–Kier alpha value is 2.88. The Morgan fingerprint density at radius 1 is 0.400 bits per heavy atom. The van der Waals surface area contributed by atoms with Crippen LogP contribution >= 0.6 is 0 Å². The molecule has 0 saturated carbocycles. The number of hydrogen-bond donors (Lipinski definition) is 0. The first-order valence-electron chi connectivity index (χ1n) is 0. The molecule has 5 heteroatoms. The van der Waals surface area contributed by atoms with Crippen molar-refractivity contribution in [2.24, 2.45) is 0 Å². The van der Waals surface area contributed by atoms with Crippen molar-refractivity contribution in [1.82, 2.24) is 0 Å². The molecule has 0 nitrogen and oxygen atoms in total. The van der Waals surface area contributed by atoms with Gasteiger partial charge in [0, 0.05) is 68.3 Å². The predicted molar refractivity (Wildman–Crippen MR) is 8.54 cm³/mol. The van der Waals surface area contributed by atoms with Crippen LogP contribution in [0, 0.1) is 0 Å². The third-order valence-corrected chi connectivity index (χ3v) is 0. The molecule has 0 heterocycles. The summed E-state index contributed by atoms with van der Waals surface area (Å²) in [5, 5.41) is 0. The normalized spacial score (nSPS) is 0. The van der Waals surface area contributed by atoms with E-state index in [9.17, 15) is 0 Å². The van der Waals surface area contributed by atoms with Gasteiger partial charge in [0.25, 0.3) is 0 Å². The van der Waals surface area contributed by atoms with Crippen LogP contribution in [-0.4, -0.2) is 23.9 Å². The Bertz CT molecular complexity index is 3.61. The van der Waals surface area contributed by atoms with Gasteiger partial charge in [0.2, 0.25) is 0 Å². The zero-order valence-corrected chi connectivity index (χ0v) is 11.0. The third-order valence-electron chi connectivity index (χ3n) is 0. The second-order valence-corrected chi connectivity index (χ2v) is 0. The summed E-state index contributed by atoms with van der Waals surface area (Å²) in [6.45, 7) is 0. The molecule has 0 fully saturated rings. The fraction of sp³-hybridized carbons (Fsp3) is 0. The molecule has 0 aromatic rings. The van der Waals surface area contributed by atoms with Crippen LogP contribution in [-0.2, 0) is 68.3 Å². The third kappa shape index (κ3) is 19.8. The second kappa shape index (κ2) is 28.7. The molecule has 0 unspecified atom stereocenters. The van der Waals surface area contributed by atoms with Crippen molar-refractivity contribution >= 4 is 23.9 Å². The second-order valence-electron chi connectivity index (χ2n) is 0. The molecule has 0 rings (SSSR count). The predicted octanol–water partition coefficient (Wildman–Crippen LogP) is -0.926. The van der Waals surface area contributed by atoms with E-state index < -0.39 is 0 Å². The van der Waals surface area contributed by atoms with Gasteiger partial charge in [-0.15, -0.1) is 0 Å². The van der Waals surface area contributed by atoms with Crippen LogP contribution < -0.4 is 0 Å². The van der Waals surface area contributed by atoms with Crippen LogP contribution in [0.2, 0.25) is 0 Å². The Balaban J connectivity index is 0. The molecule has 0 aliphatic carbocycles. The molecule has 0 bridgehead atoms. The monoisotopic (exact) mass is 342 g/mol. The molecule has 0 N–H and O–H groups in total. The van der Waals surface area contributed by atoms with Crippen LogP contribution in [0.15, 0.2) is 0 Å². The van der Waals surface area contributed by atoms with Crippen LogP contribution in [0.3, 0.4) is 0 Å². The number of rotatable bonds is 0. The van der Waals surface area contributed by atoms with E-state index in [0.717, 1.165) is 0 Å². The topological polar surface area (TPSA) is 0 Å². The molecule has 0 amide bonds. The Morgan fingerprint density at radius 2 is 0.400 bits per heavy atom. The van der Waals surface area contributed by atoms with Crippen molar-refractivity contribution in [2.45, 2.75) is 0 Å². The molecule has 5 heavy (non-hydrogen) atoms. The van der Waals surface area contributed by atoms with Crippen LogP contribution in [0.25, 0.3) is 0 Å². The quantitative estimate of drug-likeness (QED) is 0.500. The summed E-state index contributed by atoms with van der Waals surface area (Å²) in [6, 6.07) is 0. The fourth-order valence-corrected chi connectivity index (χ4v) is 0. The molecule has 0 spiro atoms. The van der Waals surface area contributed by atoms with Crippen LogP contribution in [0.1, 0.15) is 0 Å². The molecular formula is H2Mn4Sn. The first-order chi connectivity index (χ1) is 0. The Labute approximate surface area is 90.8 Å². The van der Waals surface area contributed by atoms with Gasteiger partial charge in [-0.1, -0.05) is 0 Å². The van der Waals surface area contributed by atoms with E-state index >= 15 is 0 Å². The van der Waals surface area contributed by atoms with Gasteiger partial charge >= 0.3 is 23.9 Å². The number of hydrogen-bond acceptors (Lipinski definition) is 0. The minimum atomic E-state index is 0. The van der Waals surface area contributed by atoms with Crippen molar-refractivity contribution in [3.8, 4) is 0 Å². The first kappa shape index (κ1) is 45.0. The van der Waals surface area contributed by atoms with Gasteiger partial charge in [-0.2, -0.15) is 0 Å². The maximum atomic E-state index is 0. The van der Waals surface area contributed by atoms with Gasteiger partial charge in [0.05, 0.1) is 0 Å². The van der Waals surface area contributed by atoms with Crippen molar-refractivity contribution in [2.75, 3.05) is 0 Å². The van der Waals surface area contributed by atoms with E-state index in [-0.39, 0.29) is 92.2 Å². The summed E-state index contributed by atoms with van der Waals surface area (Å²) >= 11 is 0. The first-order valence-corrected chi connectivity index (χ1v) is 0. The summed E-state index contributed by atoms with van der Waals surface area (Å²) in [5.74, 6) is 0. The summed E-state index contributed by atoms with van der Waals surface area (Å²) < 4.78 is 0. The van der Waals surface area contributed by atoms with E-state index in [1.54, 1.807) is 0 Å². The molecule has 0 aliphatic heterocycles. The SMILES string of the molecule is [Mn].[Mn].[Mn].[Mn].[SnH2]. The van der Waals surface area contributed by atoms with Gasteiger partial charge in [-0.3, -0.25) is 0 Å². The minimum absolute atomic E-state index is 0. The average molecular weight is 340 g/mol. The molecular weight excluding hydrogens is 338 g/mol. The van der Waals surface area contributed by atoms with E-state index in [0.29, 0.717) is 0 Å². The zero-order chi connectivity index (χ0) is 0. The summed E-state index contributed by atoms with van der Waals surface area (Å²) in [4.78, 5) is 0. The standard InChI is InChI=1S/4Mn.Sn.2H. The van der Waals surface area contributed by atoms with Gasteiger partial charge in [-0.25, -0.2) is 0 Å². The van der Waals surface area contributed by atoms with E-state index in [2.05, 4.69) is 0 Å². The van der Waals surface area contributed by atoms with Crippen molar-refractivity contribution in [3.05, 3.63) is 0 Å². The fourth-order valence-electron chi connectivity index (χ4n) is 0. The van der Waals surface area contributed by atoms with E-state index in [1.165, 1.54) is 0 Å². The Morgan fingerprint density at radius 3 is 0.400 bits per heavy atom. The molecule has 0 aliphatic rings. The van der Waals surface area contributed by atoms with E-state index in [1.807, 2.05) is 0 Å². The molecule has 6 radical (unpaired) electrons. The van der Waals surface area contributed by atoms with Gasteiger partial charge in [-0.05, 0) is 0 Å². The van der Waals surface area contributed by atoms with Crippen molar-refractivity contribution in [3.63, 3.8) is 0 Å². The molecule has 0 atom stereocenters. The maximum absolute atomic E-state index is 0. The van der Waals surface area contributed by atoms with Gasteiger partial charge in [0.1, 0.15) is 0 Å². The van der Waals surface area contributed by atoms with Gasteiger partial charge in [0.15, 0.2) is 0 Å². The molecule has 0 aromatic heterocycles. The summed E-state index contributed by atoms with van der Waals surface area (Å²) in [5.41, 5.74) is 0. The van der Waals surface area contributed by atoms with Crippen LogP contribution in [0.4, 0.5) is 0 Å². The zero-order valence-electron chi connectivity index (χ0n) is 2.22. The van der Waals surface area contributed by atoms with Gasteiger partial charge < -0.3 is 0 Å².